The van der Waals surface area contributed by atoms with Gasteiger partial charge in [0.05, 0.1) is 22.5 Å². The Morgan fingerprint density at radius 3 is 1.30 bits per heavy atom. The molecule has 0 atom stereocenters. The van der Waals surface area contributed by atoms with Gasteiger partial charge in [-0.3, -0.25) is 0 Å². The van der Waals surface area contributed by atoms with Gasteiger partial charge in [0.2, 0.25) is 0 Å². The molecule has 6 aromatic rings. The monoisotopic (exact) mass is 582 g/mol. The minimum Gasteiger partial charge on any atom is -0.489 e. The molecular formula is C32H30N4O7. The first-order valence-electron chi connectivity index (χ1n) is 13.7. The van der Waals surface area contributed by atoms with Gasteiger partial charge in [0.25, 0.3) is 0 Å². The highest BCUT2D eigenvalue weighted by Gasteiger charge is 2.13. The summed E-state index contributed by atoms with van der Waals surface area (Å²) >= 11 is 0. The van der Waals surface area contributed by atoms with Crippen LogP contribution in [0, 0.1) is 27.7 Å². The van der Waals surface area contributed by atoms with Crippen LogP contribution in [0.15, 0.2) is 78.8 Å². The normalized spacial score (nSPS) is 11.3. The van der Waals surface area contributed by atoms with Gasteiger partial charge in [-0.05, 0) is 76.2 Å². The Hall–Kier alpha value is -5.16. The number of aryl methyl sites for hydroxylation is 4. The molecule has 11 nitrogen and oxygen atoms in total. The van der Waals surface area contributed by atoms with Gasteiger partial charge in [-0.2, -0.15) is 0 Å². The Kier molecular flexibility index (Phi) is 8.05. The second-order valence-corrected chi connectivity index (χ2v) is 10.1. The van der Waals surface area contributed by atoms with Crippen LogP contribution in [0.5, 0.6) is 11.5 Å². The fourth-order valence-electron chi connectivity index (χ4n) is 4.46. The Morgan fingerprint density at radius 1 is 0.512 bits per heavy atom. The number of ether oxygens (including phenoxy) is 3. The van der Waals surface area contributed by atoms with Gasteiger partial charge in [-0.1, -0.05) is 20.6 Å². The third kappa shape index (κ3) is 6.52. The summed E-state index contributed by atoms with van der Waals surface area (Å²) in [6.07, 6.45) is 0. The average molecular weight is 583 g/mol. The molecule has 4 aromatic heterocycles. The average Bonchev–Trinajstić information content (AvgIpc) is 3.82. The number of nitrogens with zero attached hydrogens (tertiary/aromatic N) is 4. The first kappa shape index (κ1) is 28.0. The molecule has 0 saturated heterocycles. The molecule has 0 N–H and O–H groups in total. The maximum absolute atomic E-state index is 5.88. The van der Waals surface area contributed by atoms with Crippen molar-refractivity contribution in [2.24, 2.45) is 0 Å². The summed E-state index contributed by atoms with van der Waals surface area (Å²) < 4.78 is 38.8. The number of hydrogen-bond donors (Lipinski definition) is 0. The molecule has 2 aromatic carbocycles. The molecule has 0 bridgehead atoms. The van der Waals surface area contributed by atoms with Crippen LogP contribution < -0.4 is 9.47 Å². The highest BCUT2D eigenvalue weighted by molar-refractivity contribution is 5.60. The molecule has 4 heterocycles. The predicted molar refractivity (Wildman–Crippen MR) is 153 cm³/mol. The molecule has 0 aliphatic heterocycles. The lowest BCUT2D eigenvalue weighted by atomic mass is 10.1. The Labute approximate surface area is 247 Å². The van der Waals surface area contributed by atoms with Crippen molar-refractivity contribution < 1.29 is 32.3 Å². The van der Waals surface area contributed by atoms with E-state index in [0.29, 0.717) is 36.1 Å². The van der Waals surface area contributed by atoms with Gasteiger partial charge >= 0.3 is 0 Å². The summed E-state index contributed by atoms with van der Waals surface area (Å²) in [6.45, 7) is 8.80. The standard InChI is InChI=1S/C32H30N4O7/c1-19-29(21(3)40-33-19)17-38-25-9-5-23(6-10-25)31-13-27(42-35-31)15-37-16-28-14-32(36-43-28)24-7-11-26(12-8-24)39-18-30-20(2)34-41-22(30)4/h5-14H,15-18H2,1-4H3. The lowest BCUT2D eigenvalue weighted by Crippen LogP contribution is -1.97. The SMILES string of the molecule is Cc1noc(C)c1COc1ccc(-c2cc(COCc3cc(-c4ccc(OCc5c(C)noc5C)cc4)no3)on2)cc1. The van der Waals surface area contributed by atoms with Crippen molar-refractivity contribution in [1.82, 2.24) is 20.6 Å². The largest absolute Gasteiger partial charge is 0.489 e. The molecule has 0 unspecified atom stereocenters. The molecule has 0 amide bonds. The molecule has 220 valence electrons. The first-order valence-corrected chi connectivity index (χ1v) is 13.7. The van der Waals surface area contributed by atoms with E-state index < -0.39 is 0 Å². The van der Waals surface area contributed by atoms with Crippen molar-refractivity contribution in [3.8, 4) is 34.0 Å². The summed E-state index contributed by atoms with van der Waals surface area (Å²) in [5.41, 5.74) is 6.79. The molecule has 0 spiro atoms. The topological polar surface area (TPSA) is 132 Å². The quantitative estimate of drug-likeness (QED) is 0.147. The zero-order valence-electron chi connectivity index (χ0n) is 24.2. The van der Waals surface area contributed by atoms with Crippen LogP contribution in [-0.4, -0.2) is 20.6 Å². The molecule has 0 radical (unpaired) electrons. The Morgan fingerprint density at radius 2 is 0.930 bits per heavy atom. The number of rotatable bonds is 12. The second-order valence-electron chi connectivity index (χ2n) is 10.1. The van der Waals surface area contributed by atoms with E-state index in [0.717, 1.165) is 56.7 Å². The Bertz CT molecular complexity index is 1630. The minimum atomic E-state index is 0.235. The minimum absolute atomic E-state index is 0.235. The molecule has 11 heteroatoms. The van der Waals surface area contributed by atoms with E-state index in [9.17, 15) is 0 Å². The number of aromatic nitrogens is 4. The highest BCUT2D eigenvalue weighted by Crippen LogP contribution is 2.26. The summed E-state index contributed by atoms with van der Waals surface area (Å²) in [4.78, 5) is 0. The van der Waals surface area contributed by atoms with Gasteiger partial charge in [0, 0.05) is 23.3 Å². The third-order valence-corrected chi connectivity index (χ3v) is 7.04. The van der Waals surface area contributed by atoms with E-state index in [4.69, 9.17) is 32.3 Å². The second kappa shape index (κ2) is 12.4. The van der Waals surface area contributed by atoms with E-state index in [1.54, 1.807) is 0 Å². The van der Waals surface area contributed by atoms with Crippen molar-refractivity contribution in [2.75, 3.05) is 0 Å². The fraction of sp³-hybridized carbons (Fsp3) is 0.250. The van der Waals surface area contributed by atoms with Crippen LogP contribution in [0.4, 0.5) is 0 Å². The van der Waals surface area contributed by atoms with Crippen molar-refractivity contribution >= 4 is 0 Å². The zero-order valence-corrected chi connectivity index (χ0v) is 24.2. The van der Waals surface area contributed by atoms with Crippen molar-refractivity contribution in [2.45, 2.75) is 54.1 Å². The van der Waals surface area contributed by atoms with E-state index in [1.807, 2.05) is 88.4 Å². The van der Waals surface area contributed by atoms with Gasteiger partial charge in [0.15, 0.2) is 11.5 Å². The zero-order chi connectivity index (χ0) is 29.8. The maximum atomic E-state index is 5.88. The third-order valence-electron chi connectivity index (χ3n) is 7.04. The van der Waals surface area contributed by atoms with Gasteiger partial charge in [-0.25, -0.2) is 0 Å². The summed E-state index contributed by atoms with van der Waals surface area (Å²) in [7, 11) is 0. The van der Waals surface area contributed by atoms with Crippen LogP contribution in [-0.2, 0) is 31.2 Å². The molecular weight excluding hydrogens is 552 g/mol. The van der Waals surface area contributed by atoms with Gasteiger partial charge in [0.1, 0.15) is 60.8 Å². The van der Waals surface area contributed by atoms with E-state index in [1.165, 1.54) is 0 Å². The molecule has 43 heavy (non-hydrogen) atoms. The Balaban J connectivity index is 0.971. The highest BCUT2D eigenvalue weighted by atomic mass is 16.5. The van der Waals surface area contributed by atoms with Crippen LogP contribution in [0.1, 0.15) is 45.6 Å². The number of benzene rings is 2. The maximum Gasteiger partial charge on any atom is 0.163 e. The summed E-state index contributed by atoms with van der Waals surface area (Å²) in [5.74, 6) is 4.19. The molecule has 6 rings (SSSR count). The van der Waals surface area contributed by atoms with Crippen LogP contribution in [0.2, 0.25) is 0 Å². The van der Waals surface area contributed by atoms with E-state index >= 15 is 0 Å². The lowest BCUT2D eigenvalue weighted by Gasteiger charge is -2.06. The van der Waals surface area contributed by atoms with Gasteiger partial charge < -0.3 is 32.3 Å². The fourth-order valence-corrected chi connectivity index (χ4v) is 4.46. The summed E-state index contributed by atoms with van der Waals surface area (Å²) in [5, 5.41) is 16.2. The van der Waals surface area contributed by atoms with Crippen LogP contribution in [0.3, 0.4) is 0 Å². The predicted octanol–water partition coefficient (Wildman–Crippen LogP) is 7.08. The van der Waals surface area contributed by atoms with Crippen molar-refractivity contribution in [3.63, 3.8) is 0 Å². The molecule has 0 fully saturated rings. The first-order chi connectivity index (χ1) is 20.9. The smallest absolute Gasteiger partial charge is 0.163 e. The van der Waals surface area contributed by atoms with Crippen LogP contribution in [0.25, 0.3) is 22.5 Å². The molecule has 0 aliphatic rings. The van der Waals surface area contributed by atoms with Crippen LogP contribution >= 0.6 is 0 Å². The van der Waals surface area contributed by atoms with Gasteiger partial charge in [-0.15, -0.1) is 0 Å². The summed E-state index contributed by atoms with van der Waals surface area (Å²) in [6, 6.07) is 19.0. The number of hydrogen-bond acceptors (Lipinski definition) is 11. The molecule has 0 aliphatic carbocycles. The van der Waals surface area contributed by atoms with Crippen molar-refractivity contribution in [3.05, 3.63) is 106 Å². The van der Waals surface area contributed by atoms with E-state index in [-0.39, 0.29) is 13.2 Å². The molecule has 0 saturated carbocycles. The lowest BCUT2D eigenvalue weighted by molar-refractivity contribution is 0.0727. The van der Waals surface area contributed by atoms with Crippen molar-refractivity contribution in [1.29, 1.82) is 0 Å². The van der Waals surface area contributed by atoms with E-state index in [2.05, 4.69) is 20.6 Å².